The summed E-state index contributed by atoms with van der Waals surface area (Å²) < 4.78 is 8.60. The van der Waals surface area contributed by atoms with Crippen LogP contribution in [0.1, 0.15) is 0 Å². The predicted molar refractivity (Wildman–Crippen MR) is 130 cm³/mol. The minimum absolute atomic E-state index is 0.431. The van der Waals surface area contributed by atoms with Gasteiger partial charge in [0.05, 0.1) is 18.8 Å². The number of nitrogens with zero attached hydrogens (tertiary/aromatic N) is 5. The van der Waals surface area contributed by atoms with Gasteiger partial charge in [0.2, 0.25) is 5.95 Å². The topological polar surface area (TPSA) is 78.4 Å². The van der Waals surface area contributed by atoms with E-state index in [1.54, 1.807) is 25.3 Å². The van der Waals surface area contributed by atoms with Crippen LogP contribution in [0.15, 0.2) is 36.5 Å². The van der Waals surface area contributed by atoms with Crippen LogP contribution >= 0.6 is 23.5 Å². The lowest BCUT2D eigenvalue weighted by Crippen LogP contribution is -2.45. The molecule has 2 N–H and O–H groups in total. The van der Waals surface area contributed by atoms with Gasteiger partial charge in [0, 0.05) is 55.6 Å². The van der Waals surface area contributed by atoms with Gasteiger partial charge in [-0.1, -0.05) is 29.6 Å². The number of hydrogen-bond acceptors (Lipinski definition) is 9. The van der Waals surface area contributed by atoms with Crippen LogP contribution in [0, 0.1) is 0 Å². The third kappa shape index (κ3) is 5.61. The number of anilines is 3. The largest absolute Gasteiger partial charge is 0.497 e. The summed E-state index contributed by atoms with van der Waals surface area (Å²) in [5.41, 5.74) is 1.80. The third-order valence-corrected chi connectivity index (χ3v) is 6.07. The van der Waals surface area contributed by atoms with Gasteiger partial charge in [0.15, 0.2) is 0 Å². The molecule has 1 aliphatic heterocycles. The van der Waals surface area contributed by atoms with Crippen molar-refractivity contribution in [2.24, 2.45) is 0 Å². The molecule has 31 heavy (non-hydrogen) atoms. The number of nitrogens with one attached hydrogen (secondary N) is 2. The Morgan fingerprint density at radius 2 is 2.00 bits per heavy atom. The number of hydrogen-bond donors (Lipinski definition) is 2. The fourth-order valence-electron chi connectivity index (χ4n) is 3.32. The Morgan fingerprint density at radius 1 is 1.16 bits per heavy atom. The molecule has 0 saturated carbocycles. The number of halogens is 1. The van der Waals surface area contributed by atoms with Crippen molar-refractivity contribution in [3.63, 3.8) is 0 Å². The number of rotatable bonds is 8. The minimum Gasteiger partial charge on any atom is -0.497 e. The SMILES string of the molecule is COc1cccc(NSCCNc2nc(N3CCN(C)CC3)nc3cnc(Cl)cc23)c1. The van der Waals surface area contributed by atoms with Crippen molar-refractivity contribution in [1.29, 1.82) is 0 Å². The maximum atomic E-state index is 6.14. The van der Waals surface area contributed by atoms with E-state index in [9.17, 15) is 0 Å². The van der Waals surface area contributed by atoms with Gasteiger partial charge in [-0.25, -0.2) is 9.97 Å². The van der Waals surface area contributed by atoms with Crippen LogP contribution in [0.4, 0.5) is 17.5 Å². The Labute approximate surface area is 191 Å². The van der Waals surface area contributed by atoms with Crippen molar-refractivity contribution in [1.82, 2.24) is 19.9 Å². The van der Waals surface area contributed by atoms with E-state index in [-0.39, 0.29) is 0 Å². The summed E-state index contributed by atoms with van der Waals surface area (Å²) in [5.74, 6) is 3.18. The smallest absolute Gasteiger partial charge is 0.228 e. The minimum atomic E-state index is 0.431. The zero-order valence-corrected chi connectivity index (χ0v) is 19.2. The summed E-state index contributed by atoms with van der Waals surface area (Å²) in [6, 6.07) is 9.68. The van der Waals surface area contributed by atoms with E-state index >= 15 is 0 Å². The molecule has 0 atom stereocenters. The van der Waals surface area contributed by atoms with Crippen molar-refractivity contribution >= 4 is 51.9 Å². The van der Waals surface area contributed by atoms with E-state index in [4.69, 9.17) is 26.3 Å². The molecule has 3 heterocycles. The Kier molecular flexibility index (Phi) is 7.16. The fraction of sp³-hybridized carbons (Fsp3) is 0.381. The molecular formula is C21H26ClN7OS. The lowest BCUT2D eigenvalue weighted by molar-refractivity contribution is 0.311. The molecule has 1 fully saturated rings. The molecule has 10 heteroatoms. The van der Waals surface area contributed by atoms with Crippen LogP contribution in [0.2, 0.25) is 5.15 Å². The molecule has 0 radical (unpaired) electrons. The van der Waals surface area contributed by atoms with Crippen LogP contribution in [-0.4, -0.2) is 72.5 Å². The van der Waals surface area contributed by atoms with Gasteiger partial charge in [-0.05, 0) is 25.2 Å². The standard InChI is InChI=1S/C21H26ClN7OS/c1-28-7-9-29(10-8-28)21-25-18-14-24-19(22)13-17(18)20(26-21)23-6-11-31-27-15-4-3-5-16(12-15)30-2/h3-5,12-14,27H,6-11H2,1-2H3,(H,23,25,26). The average Bonchev–Trinajstić information content (AvgIpc) is 2.79. The second-order valence-electron chi connectivity index (χ2n) is 7.30. The zero-order chi connectivity index (χ0) is 21.6. The average molecular weight is 460 g/mol. The molecule has 0 unspecified atom stereocenters. The molecule has 3 aromatic rings. The normalized spacial score (nSPS) is 14.6. The molecule has 164 valence electrons. The van der Waals surface area contributed by atoms with Gasteiger partial charge in [0.1, 0.15) is 16.7 Å². The van der Waals surface area contributed by atoms with Crippen molar-refractivity contribution in [3.05, 3.63) is 41.7 Å². The molecule has 4 rings (SSSR count). The van der Waals surface area contributed by atoms with Crippen LogP contribution in [0.5, 0.6) is 5.75 Å². The van der Waals surface area contributed by atoms with E-state index in [1.165, 1.54) is 0 Å². The Hall–Kier alpha value is -2.49. The number of ether oxygens (including phenoxy) is 1. The highest BCUT2D eigenvalue weighted by Crippen LogP contribution is 2.26. The second-order valence-corrected chi connectivity index (χ2v) is 8.58. The number of benzene rings is 1. The molecule has 0 amide bonds. The molecule has 1 aromatic carbocycles. The molecule has 0 bridgehead atoms. The molecule has 2 aromatic heterocycles. The monoisotopic (exact) mass is 459 g/mol. The Bertz CT molecular complexity index is 1030. The van der Waals surface area contributed by atoms with Gasteiger partial charge in [-0.15, -0.1) is 0 Å². The summed E-state index contributed by atoms with van der Waals surface area (Å²) in [4.78, 5) is 18.3. The van der Waals surface area contributed by atoms with Crippen LogP contribution < -0.4 is 19.7 Å². The number of likely N-dealkylation sites (N-methyl/N-ethyl adjacent to an activating group) is 1. The quantitative estimate of drug-likeness (QED) is 0.298. The van der Waals surface area contributed by atoms with Crippen molar-refractivity contribution < 1.29 is 4.74 Å². The number of pyridine rings is 1. The van der Waals surface area contributed by atoms with Crippen molar-refractivity contribution in [2.75, 3.05) is 67.6 Å². The lowest BCUT2D eigenvalue weighted by Gasteiger charge is -2.32. The molecule has 0 spiro atoms. The highest BCUT2D eigenvalue weighted by molar-refractivity contribution is 8.00. The summed E-state index contributed by atoms with van der Waals surface area (Å²) >= 11 is 7.76. The summed E-state index contributed by atoms with van der Waals surface area (Å²) in [6.45, 7) is 4.53. The first-order valence-corrected chi connectivity index (χ1v) is 11.5. The van der Waals surface area contributed by atoms with E-state index in [0.717, 1.165) is 72.6 Å². The zero-order valence-electron chi connectivity index (χ0n) is 17.6. The molecule has 8 nitrogen and oxygen atoms in total. The number of aromatic nitrogens is 3. The van der Waals surface area contributed by atoms with Crippen LogP contribution in [0.3, 0.4) is 0 Å². The van der Waals surface area contributed by atoms with Crippen LogP contribution in [0.25, 0.3) is 10.9 Å². The fourth-order valence-corrected chi connectivity index (χ4v) is 4.08. The van der Waals surface area contributed by atoms with Crippen LogP contribution in [-0.2, 0) is 0 Å². The van der Waals surface area contributed by atoms with E-state index in [0.29, 0.717) is 5.15 Å². The maximum Gasteiger partial charge on any atom is 0.228 e. The second kappa shape index (κ2) is 10.2. The van der Waals surface area contributed by atoms with Crippen molar-refractivity contribution in [2.45, 2.75) is 0 Å². The molecule has 0 aliphatic carbocycles. The van der Waals surface area contributed by atoms with Gasteiger partial charge in [-0.2, -0.15) is 4.98 Å². The van der Waals surface area contributed by atoms with E-state index in [1.807, 2.05) is 30.3 Å². The predicted octanol–water partition coefficient (Wildman–Crippen LogP) is 3.61. The highest BCUT2D eigenvalue weighted by Gasteiger charge is 2.18. The molecule has 1 saturated heterocycles. The summed E-state index contributed by atoms with van der Waals surface area (Å²) in [6.07, 6.45) is 1.71. The first kappa shape index (κ1) is 21.7. The summed E-state index contributed by atoms with van der Waals surface area (Å²) in [5, 5.41) is 4.76. The van der Waals surface area contributed by atoms with Crippen molar-refractivity contribution in [3.8, 4) is 5.75 Å². The maximum absolute atomic E-state index is 6.14. The molecular weight excluding hydrogens is 434 g/mol. The first-order chi connectivity index (χ1) is 15.1. The Balaban J connectivity index is 1.42. The number of fused-ring (bicyclic) bond motifs is 1. The van der Waals surface area contributed by atoms with Gasteiger partial charge in [-0.3, -0.25) is 0 Å². The number of piperazine rings is 1. The van der Waals surface area contributed by atoms with Gasteiger partial charge in [0.25, 0.3) is 0 Å². The lowest BCUT2D eigenvalue weighted by atomic mass is 10.3. The number of methoxy groups -OCH3 is 1. The van der Waals surface area contributed by atoms with Gasteiger partial charge >= 0.3 is 0 Å². The van der Waals surface area contributed by atoms with Gasteiger partial charge < -0.3 is 24.6 Å². The molecule has 1 aliphatic rings. The third-order valence-electron chi connectivity index (χ3n) is 5.08. The first-order valence-electron chi connectivity index (χ1n) is 10.1. The Morgan fingerprint density at radius 3 is 2.81 bits per heavy atom. The van der Waals surface area contributed by atoms with E-state index in [2.05, 4.69) is 31.9 Å². The van der Waals surface area contributed by atoms with E-state index < -0.39 is 0 Å². The summed E-state index contributed by atoms with van der Waals surface area (Å²) in [7, 11) is 3.80. The highest BCUT2D eigenvalue weighted by atomic mass is 35.5.